The van der Waals surface area contributed by atoms with Gasteiger partial charge in [-0.3, -0.25) is 4.79 Å². The summed E-state index contributed by atoms with van der Waals surface area (Å²) in [5, 5.41) is 3.07. The number of halogens is 2. The first kappa shape index (κ1) is 24.9. The van der Waals surface area contributed by atoms with Gasteiger partial charge in [-0.2, -0.15) is 0 Å². The van der Waals surface area contributed by atoms with Crippen LogP contribution in [0.3, 0.4) is 0 Å². The second-order valence-corrected chi connectivity index (χ2v) is 11.1. The Morgan fingerprint density at radius 2 is 2.00 bits per heavy atom. The molecule has 0 heterocycles. The van der Waals surface area contributed by atoms with Gasteiger partial charge in [0.05, 0.1) is 16.5 Å². The van der Waals surface area contributed by atoms with Gasteiger partial charge in [0.2, 0.25) is 15.9 Å². The van der Waals surface area contributed by atoms with E-state index in [1.165, 1.54) is 25.3 Å². The molecule has 0 radical (unpaired) electrons. The van der Waals surface area contributed by atoms with E-state index < -0.39 is 10.0 Å². The highest BCUT2D eigenvalue weighted by Crippen LogP contribution is 2.30. The van der Waals surface area contributed by atoms with Crippen LogP contribution < -0.4 is 14.8 Å². The van der Waals surface area contributed by atoms with Crippen molar-refractivity contribution in [3.63, 3.8) is 0 Å². The maximum Gasteiger partial charge on any atom is 0.240 e. The molecule has 1 fully saturated rings. The first-order chi connectivity index (χ1) is 15.2. The molecule has 0 aliphatic heterocycles. The minimum atomic E-state index is -3.62. The zero-order valence-corrected chi connectivity index (χ0v) is 20.7. The number of benzene rings is 1. The normalized spacial score (nSPS) is 24.5. The molecule has 176 valence electrons. The zero-order chi connectivity index (χ0) is 23.3. The third-order valence-electron chi connectivity index (χ3n) is 6.31. The van der Waals surface area contributed by atoms with Gasteiger partial charge in [0, 0.05) is 24.4 Å². The van der Waals surface area contributed by atoms with Crippen molar-refractivity contribution in [1.82, 2.24) is 10.0 Å². The van der Waals surface area contributed by atoms with Crippen molar-refractivity contribution in [2.75, 3.05) is 13.7 Å². The average molecular weight is 529 g/mol. The Morgan fingerprint density at radius 1 is 1.28 bits per heavy atom. The van der Waals surface area contributed by atoms with Gasteiger partial charge in [-0.25, -0.2) is 17.5 Å². The summed E-state index contributed by atoms with van der Waals surface area (Å²) < 4.78 is 46.8. The van der Waals surface area contributed by atoms with E-state index in [2.05, 4.69) is 26.0 Å². The lowest BCUT2D eigenvalue weighted by Crippen LogP contribution is -2.42. The highest BCUT2D eigenvalue weighted by Gasteiger charge is 2.29. The number of hydrogen-bond acceptors (Lipinski definition) is 4. The molecule has 2 aliphatic carbocycles. The highest BCUT2D eigenvalue weighted by atomic mass is 79.9. The molecule has 2 N–H and O–H groups in total. The van der Waals surface area contributed by atoms with E-state index in [0.29, 0.717) is 23.2 Å². The standard InChI is InChI=1S/C23H30BrFN2O4S/c1-15(17-7-9-19(25)10-8-17)27-23(28)18-5-3-16(4-6-18)14-26-32(29,30)20-11-12-22(31-2)21(24)13-20/h7,9-13,15-18,26H,3-6,8,14H2,1-2H3,(H,27,28)/t15-,16-,17?,18-/m1/s1. The lowest BCUT2D eigenvalue weighted by molar-refractivity contribution is -0.127. The number of nitrogens with one attached hydrogen (secondary N) is 2. The summed E-state index contributed by atoms with van der Waals surface area (Å²) in [5.74, 6) is 0.599. The number of hydrogen-bond donors (Lipinski definition) is 2. The molecule has 6 nitrogen and oxygen atoms in total. The minimum Gasteiger partial charge on any atom is -0.496 e. The minimum absolute atomic E-state index is 0.0306. The van der Waals surface area contributed by atoms with E-state index in [4.69, 9.17) is 4.74 Å². The van der Waals surface area contributed by atoms with Gasteiger partial charge in [-0.15, -0.1) is 0 Å². The van der Waals surface area contributed by atoms with Crippen LogP contribution in [0, 0.1) is 17.8 Å². The molecule has 3 rings (SSSR count). The fraction of sp³-hybridized carbons (Fsp3) is 0.522. The highest BCUT2D eigenvalue weighted by molar-refractivity contribution is 9.10. The van der Waals surface area contributed by atoms with Crippen LogP contribution in [0.1, 0.15) is 39.0 Å². The molecular weight excluding hydrogens is 499 g/mol. The Bertz CT molecular complexity index is 988. The van der Waals surface area contributed by atoms with E-state index in [9.17, 15) is 17.6 Å². The van der Waals surface area contributed by atoms with Gasteiger partial charge in [-0.05, 0) is 91.2 Å². The van der Waals surface area contributed by atoms with Crippen LogP contribution in [0.25, 0.3) is 0 Å². The Hall–Kier alpha value is -1.71. The summed E-state index contributed by atoms with van der Waals surface area (Å²) in [6.07, 6.45) is 8.43. The van der Waals surface area contributed by atoms with E-state index in [1.807, 2.05) is 13.0 Å². The molecule has 9 heteroatoms. The Balaban J connectivity index is 1.45. The summed E-state index contributed by atoms with van der Waals surface area (Å²) in [6.45, 7) is 2.30. The number of methoxy groups -OCH3 is 1. The predicted octanol–water partition coefficient (Wildman–Crippen LogP) is 4.48. The SMILES string of the molecule is COc1ccc(S(=O)(=O)NC[C@H]2CC[C@H](C(=O)N[C@H](C)C3C=CC(F)=CC3)CC2)cc1Br. The van der Waals surface area contributed by atoms with Crippen LogP contribution in [-0.2, 0) is 14.8 Å². The first-order valence-corrected chi connectivity index (χ1v) is 13.1. The maximum absolute atomic E-state index is 13.1. The van der Waals surface area contributed by atoms with Crippen LogP contribution in [0.15, 0.2) is 51.6 Å². The molecule has 1 amide bonds. The van der Waals surface area contributed by atoms with Crippen LogP contribution in [0.4, 0.5) is 4.39 Å². The van der Waals surface area contributed by atoms with Crippen molar-refractivity contribution in [3.05, 3.63) is 46.7 Å². The molecule has 1 aromatic rings. The Morgan fingerprint density at radius 3 is 2.59 bits per heavy atom. The number of allylic oxidation sites excluding steroid dienone is 3. The molecular formula is C23H30BrFN2O4S. The number of carbonyl (C=O) groups excluding carboxylic acids is 1. The molecule has 2 aliphatic rings. The van der Waals surface area contributed by atoms with Crippen LogP contribution >= 0.6 is 15.9 Å². The van der Waals surface area contributed by atoms with E-state index in [-0.39, 0.29) is 40.4 Å². The van der Waals surface area contributed by atoms with Gasteiger partial charge in [0.15, 0.2) is 0 Å². The number of rotatable bonds is 8. The van der Waals surface area contributed by atoms with E-state index in [0.717, 1.165) is 25.7 Å². The van der Waals surface area contributed by atoms with Crippen molar-refractivity contribution in [1.29, 1.82) is 0 Å². The molecule has 0 spiro atoms. The second kappa shape index (κ2) is 10.9. The van der Waals surface area contributed by atoms with Crippen molar-refractivity contribution in [3.8, 4) is 5.75 Å². The molecule has 0 saturated heterocycles. The van der Waals surface area contributed by atoms with E-state index in [1.54, 1.807) is 12.1 Å². The number of sulfonamides is 1. The lowest BCUT2D eigenvalue weighted by Gasteiger charge is -2.30. The quantitative estimate of drug-likeness (QED) is 0.521. The number of amides is 1. The molecule has 0 aromatic heterocycles. The van der Waals surface area contributed by atoms with Crippen molar-refractivity contribution >= 4 is 31.9 Å². The zero-order valence-electron chi connectivity index (χ0n) is 18.3. The van der Waals surface area contributed by atoms with E-state index >= 15 is 0 Å². The molecule has 0 bridgehead atoms. The lowest BCUT2D eigenvalue weighted by atomic mass is 9.81. The average Bonchev–Trinajstić information content (AvgIpc) is 2.78. The summed E-state index contributed by atoms with van der Waals surface area (Å²) in [7, 11) is -2.10. The third-order valence-corrected chi connectivity index (χ3v) is 8.35. The second-order valence-electron chi connectivity index (χ2n) is 8.51. The van der Waals surface area contributed by atoms with Crippen LogP contribution in [-0.4, -0.2) is 34.0 Å². The smallest absolute Gasteiger partial charge is 0.240 e. The van der Waals surface area contributed by atoms with Gasteiger partial charge >= 0.3 is 0 Å². The molecule has 1 unspecified atom stereocenters. The van der Waals surface area contributed by atoms with Gasteiger partial charge in [0.1, 0.15) is 11.6 Å². The summed E-state index contributed by atoms with van der Waals surface area (Å²) in [6, 6.07) is 4.59. The molecule has 32 heavy (non-hydrogen) atoms. The van der Waals surface area contributed by atoms with Crippen LogP contribution in [0.2, 0.25) is 0 Å². The summed E-state index contributed by atoms with van der Waals surface area (Å²) >= 11 is 3.31. The monoisotopic (exact) mass is 528 g/mol. The molecule has 1 aromatic carbocycles. The molecule has 2 atom stereocenters. The van der Waals surface area contributed by atoms with Crippen molar-refractivity contribution in [2.24, 2.45) is 17.8 Å². The Labute approximate surface area is 197 Å². The number of ether oxygens (including phenoxy) is 1. The van der Waals surface area contributed by atoms with Gasteiger partial charge in [0.25, 0.3) is 0 Å². The first-order valence-electron chi connectivity index (χ1n) is 10.9. The van der Waals surface area contributed by atoms with Gasteiger partial charge in [-0.1, -0.05) is 6.08 Å². The molecule has 1 saturated carbocycles. The number of carbonyl (C=O) groups is 1. The fourth-order valence-corrected chi connectivity index (χ4v) is 6.02. The fourth-order valence-electron chi connectivity index (χ4n) is 4.18. The maximum atomic E-state index is 13.1. The van der Waals surface area contributed by atoms with Crippen molar-refractivity contribution < 1.29 is 22.3 Å². The summed E-state index contributed by atoms with van der Waals surface area (Å²) in [5.41, 5.74) is 0. The largest absolute Gasteiger partial charge is 0.496 e. The third kappa shape index (κ3) is 6.42. The van der Waals surface area contributed by atoms with Crippen molar-refractivity contribution in [2.45, 2.75) is 50.0 Å². The Kier molecular flexibility index (Phi) is 8.52. The summed E-state index contributed by atoms with van der Waals surface area (Å²) in [4.78, 5) is 12.8. The topological polar surface area (TPSA) is 84.5 Å². The van der Waals surface area contributed by atoms with Gasteiger partial charge < -0.3 is 10.1 Å². The van der Waals surface area contributed by atoms with Crippen LogP contribution in [0.5, 0.6) is 5.75 Å². The predicted molar refractivity (Wildman–Crippen MR) is 125 cm³/mol.